The SMILES string of the molecule is CN(C(=O)c1cnn(-c2ccc(C(F)(F)F)cn2)c1C(F)(F)F)C1CCCCC1. The van der Waals surface area contributed by atoms with E-state index < -0.39 is 40.9 Å². The maximum atomic E-state index is 13.7. The van der Waals surface area contributed by atoms with E-state index in [1.807, 2.05) is 0 Å². The minimum atomic E-state index is -4.96. The second-order valence-corrected chi connectivity index (χ2v) is 6.93. The summed E-state index contributed by atoms with van der Waals surface area (Å²) in [6.07, 6.45) is -4.21. The smallest absolute Gasteiger partial charge is 0.339 e. The molecule has 3 rings (SSSR count). The summed E-state index contributed by atoms with van der Waals surface area (Å²) in [5.74, 6) is -1.30. The zero-order valence-corrected chi connectivity index (χ0v) is 15.4. The maximum absolute atomic E-state index is 13.7. The zero-order chi connectivity index (χ0) is 21.4. The highest BCUT2D eigenvalue weighted by Crippen LogP contribution is 2.35. The van der Waals surface area contributed by atoms with Crippen LogP contribution in [0.5, 0.6) is 0 Å². The molecule has 0 radical (unpaired) electrons. The van der Waals surface area contributed by atoms with Gasteiger partial charge >= 0.3 is 12.4 Å². The molecule has 1 amide bonds. The fourth-order valence-corrected chi connectivity index (χ4v) is 3.45. The van der Waals surface area contributed by atoms with Gasteiger partial charge in [0.25, 0.3) is 5.91 Å². The maximum Gasteiger partial charge on any atom is 0.434 e. The Labute approximate surface area is 162 Å². The highest BCUT2D eigenvalue weighted by Gasteiger charge is 2.42. The van der Waals surface area contributed by atoms with Crippen LogP contribution >= 0.6 is 0 Å². The quantitative estimate of drug-likeness (QED) is 0.676. The van der Waals surface area contributed by atoms with Gasteiger partial charge in [0.1, 0.15) is 0 Å². The van der Waals surface area contributed by atoms with Gasteiger partial charge in [-0.05, 0) is 25.0 Å². The zero-order valence-electron chi connectivity index (χ0n) is 15.4. The Bertz CT molecular complexity index is 866. The summed E-state index contributed by atoms with van der Waals surface area (Å²) < 4.78 is 79.5. The van der Waals surface area contributed by atoms with Crippen molar-refractivity contribution in [2.45, 2.75) is 50.5 Å². The van der Waals surface area contributed by atoms with Crippen LogP contribution in [-0.4, -0.2) is 38.7 Å². The van der Waals surface area contributed by atoms with Gasteiger partial charge < -0.3 is 4.90 Å². The second-order valence-electron chi connectivity index (χ2n) is 6.93. The molecule has 2 aromatic heterocycles. The molecule has 1 aliphatic carbocycles. The normalized spacial score (nSPS) is 16.1. The predicted octanol–water partition coefficient (Wildman–Crippen LogP) is 4.71. The first-order valence-electron chi connectivity index (χ1n) is 8.96. The summed E-state index contributed by atoms with van der Waals surface area (Å²) in [7, 11) is 1.45. The van der Waals surface area contributed by atoms with Crippen LogP contribution in [0.1, 0.15) is 53.7 Å². The lowest BCUT2D eigenvalue weighted by Gasteiger charge is -2.31. The van der Waals surface area contributed by atoms with Gasteiger partial charge in [0.05, 0.1) is 17.3 Å². The average molecular weight is 420 g/mol. The van der Waals surface area contributed by atoms with Crippen molar-refractivity contribution in [3.05, 3.63) is 41.3 Å². The minimum absolute atomic E-state index is 0.162. The van der Waals surface area contributed by atoms with Gasteiger partial charge in [-0.2, -0.15) is 31.4 Å². The third kappa shape index (κ3) is 4.38. The van der Waals surface area contributed by atoms with Crippen molar-refractivity contribution < 1.29 is 31.1 Å². The lowest BCUT2D eigenvalue weighted by molar-refractivity contribution is -0.143. The van der Waals surface area contributed by atoms with Crippen molar-refractivity contribution in [2.24, 2.45) is 0 Å². The Hall–Kier alpha value is -2.59. The molecule has 0 aromatic carbocycles. The predicted molar refractivity (Wildman–Crippen MR) is 90.3 cm³/mol. The Morgan fingerprint density at radius 3 is 2.21 bits per heavy atom. The Balaban J connectivity index is 1.98. The molecule has 0 N–H and O–H groups in total. The van der Waals surface area contributed by atoms with Gasteiger partial charge in [0.2, 0.25) is 0 Å². The van der Waals surface area contributed by atoms with E-state index in [1.165, 1.54) is 11.9 Å². The first-order valence-corrected chi connectivity index (χ1v) is 8.96. The Morgan fingerprint density at radius 1 is 1.03 bits per heavy atom. The number of amides is 1. The molecule has 2 aromatic rings. The van der Waals surface area contributed by atoms with Crippen LogP contribution in [0.4, 0.5) is 26.3 Å². The molecule has 0 aliphatic heterocycles. The molecule has 0 bridgehead atoms. The fraction of sp³-hybridized carbons (Fsp3) is 0.500. The van der Waals surface area contributed by atoms with Gasteiger partial charge in [-0.1, -0.05) is 19.3 Å². The molecule has 1 fully saturated rings. The van der Waals surface area contributed by atoms with Crippen molar-refractivity contribution in [3.63, 3.8) is 0 Å². The largest absolute Gasteiger partial charge is 0.434 e. The number of aromatic nitrogens is 3. The topological polar surface area (TPSA) is 51.0 Å². The molecule has 158 valence electrons. The van der Waals surface area contributed by atoms with E-state index in [9.17, 15) is 31.1 Å². The third-order valence-electron chi connectivity index (χ3n) is 5.00. The van der Waals surface area contributed by atoms with Crippen molar-refractivity contribution in [3.8, 4) is 5.82 Å². The Morgan fingerprint density at radius 2 is 1.69 bits per heavy atom. The van der Waals surface area contributed by atoms with E-state index >= 15 is 0 Å². The highest BCUT2D eigenvalue weighted by atomic mass is 19.4. The van der Waals surface area contributed by atoms with Gasteiger partial charge in [0.15, 0.2) is 11.5 Å². The van der Waals surface area contributed by atoms with E-state index in [0.717, 1.165) is 31.5 Å². The van der Waals surface area contributed by atoms with E-state index in [0.29, 0.717) is 29.8 Å². The number of hydrogen-bond donors (Lipinski definition) is 0. The van der Waals surface area contributed by atoms with Crippen LogP contribution in [0.2, 0.25) is 0 Å². The molecule has 1 saturated carbocycles. The van der Waals surface area contributed by atoms with E-state index in [-0.39, 0.29) is 6.04 Å². The molecule has 2 heterocycles. The van der Waals surface area contributed by atoms with Crippen LogP contribution in [-0.2, 0) is 12.4 Å². The number of carbonyl (C=O) groups is 1. The number of rotatable bonds is 3. The molecule has 5 nitrogen and oxygen atoms in total. The van der Waals surface area contributed by atoms with Crippen LogP contribution in [0.15, 0.2) is 24.5 Å². The van der Waals surface area contributed by atoms with Crippen LogP contribution in [0, 0.1) is 0 Å². The average Bonchev–Trinajstić information content (AvgIpc) is 3.12. The summed E-state index contributed by atoms with van der Waals surface area (Å²) in [4.78, 5) is 17.5. The molecule has 0 spiro atoms. The number of nitrogens with zero attached hydrogens (tertiary/aromatic N) is 4. The lowest BCUT2D eigenvalue weighted by Crippen LogP contribution is -2.39. The molecule has 0 unspecified atom stereocenters. The number of halogens is 6. The summed E-state index contributed by atoms with van der Waals surface area (Å²) in [5.41, 5.74) is -3.13. The second kappa shape index (κ2) is 7.68. The van der Waals surface area contributed by atoms with E-state index in [2.05, 4.69) is 10.1 Å². The van der Waals surface area contributed by atoms with Crippen molar-refractivity contribution in [1.82, 2.24) is 19.7 Å². The first kappa shape index (κ1) is 21.1. The minimum Gasteiger partial charge on any atom is -0.339 e. The van der Waals surface area contributed by atoms with Crippen molar-refractivity contribution in [2.75, 3.05) is 7.05 Å². The van der Waals surface area contributed by atoms with Gasteiger partial charge in [-0.25, -0.2) is 9.67 Å². The van der Waals surface area contributed by atoms with Gasteiger partial charge in [0, 0.05) is 19.3 Å². The molecule has 11 heteroatoms. The fourth-order valence-electron chi connectivity index (χ4n) is 3.45. The standard InChI is InChI=1S/C18H18F6N4O/c1-27(12-5-3-2-4-6-12)16(29)13-10-26-28(15(13)18(22,23)24)14-8-7-11(9-25-14)17(19,20)21/h7-10,12H,2-6H2,1H3. The molecular formula is C18H18F6N4O. The summed E-state index contributed by atoms with van der Waals surface area (Å²) in [5, 5.41) is 3.60. The summed E-state index contributed by atoms with van der Waals surface area (Å²) in [6.45, 7) is 0. The molecule has 0 atom stereocenters. The molecule has 29 heavy (non-hydrogen) atoms. The molecular weight excluding hydrogens is 402 g/mol. The van der Waals surface area contributed by atoms with Crippen LogP contribution in [0.25, 0.3) is 5.82 Å². The number of alkyl halides is 6. The monoisotopic (exact) mass is 420 g/mol. The summed E-state index contributed by atoms with van der Waals surface area (Å²) in [6, 6.07) is 1.23. The third-order valence-corrected chi connectivity index (χ3v) is 5.00. The van der Waals surface area contributed by atoms with Crippen LogP contribution in [0.3, 0.4) is 0 Å². The summed E-state index contributed by atoms with van der Waals surface area (Å²) >= 11 is 0. The van der Waals surface area contributed by atoms with Gasteiger partial charge in [-0.3, -0.25) is 4.79 Å². The Kier molecular flexibility index (Phi) is 5.59. The van der Waals surface area contributed by atoms with E-state index in [1.54, 1.807) is 0 Å². The first-order chi connectivity index (χ1) is 13.5. The lowest BCUT2D eigenvalue weighted by atomic mass is 9.94. The van der Waals surface area contributed by atoms with Crippen LogP contribution < -0.4 is 0 Å². The van der Waals surface area contributed by atoms with Gasteiger partial charge in [-0.15, -0.1) is 0 Å². The molecule has 0 saturated heterocycles. The van der Waals surface area contributed by atoms with E-state index in [4.69, 9.17) is 0 Å². The number of carbonyl (C=O) groups excluding carboxylic acids is 1. The number of hydrogen-bond acceptors (Lipinski definition) is 3. The molecule has 1 aliphatic rings. The number of pyridine rings is 1. The highest BCUT2D eigenvalue weighted by molar-refractivity contribution is 5.95. The van der Waals surface area contributed by atoms with Crippen molar-refractivity contribution >= 4 is 5.91 Å². The van der Waals surface area contributed by atoms with Crippen molar-refractivity contribution in [1.29, 1.82) is 0 Å².